The van der Waals surface area contributed by atoms with Crippen molar-refractivity contribution in [2.24, 2.45) is 0 Å². The van der Waals surface area contributed by atoms with Gasteiger partial charge in [-0.05, 0) is 40.5 Å². The minimum absolute atomic E-state index is 0.180. The summed E-state index contributed by atoms with van der Waals surface area (Å²) in [5.41, 5.74) is -0.167. The van der Waals surface area contributed by atoms with Gasteiger partial charge in [0.1, 0.15) is 12.1 Å². The largest absolute Gasteiger partial charge is 0.416 e. The molecule has 0 aliphatic carbocycles. The average Bonchev–Trinajstić information content (AvgIpc) is 2.33. The summed E-state index contributed by atoms with van der Waals surface area (Å²) in [6.07, 6.45) is -1.55. The van der Waals surface area contributed by atoms with Crippen molar-refractivity contribution in [3.05, 3.63) is 46.3 Å². The molecular weight excluding hydrogens is 323 g/mol. The molecule has 0 aliphatic rings. The second-order valence-corrected chi connectivity index (χ2v) is 4.73. The van der Waals surface area contributed by atoms with Gasteiger partial charge in [-0.2, -0.15) is 13.2 Å². The van der Waals surface area contributed by atoms with Crippen LogP contribution in [0.5, 0.6) is 0 Å². The first-order valence-electron chi connectivity index (χ1n) is 5.28. The highest BCUT2D eigenvalue weighted by Gasteiger charge is 2.32. The second-order valence-electron chi connectivity index (χ2n) is 3.87. The summed E-state index contributed by atoms with van der Waals surface area (Å²) in [5.74, 6) is 0.409. The summed E-state index contributed by atoms with van der Waals surface area (Å²) >= 11 is 3.22. The fourth-order valence-electron chi connectivity index (χ4n) is 1.55. The van der Waals surface area contributed by atoms with Gasteiger partial charge in [0.25, 0.3) is 0 Å². The zero-order chi connectivity index (χ0) is 14.0. The molecule has 3 nitrogen and oxygen atoms in total. The molecule has 1 heterocycles. The van der Waals surface area contributed by atoms with E-state index in [1.807, 2.05) is 0 Å². The van der Waals surface area contributed by atoms with E-state index in [-0.39, 0.29) is 5.56 Å². The van der Waals surface area contributed by atoms with E-state index in [1.165, 1.54) is 25.5 Å². The predicted octanol–water partition coefficient (Wildman–Crippen LogP) is 4.31. The molecule has 0 bridgehead atoms. The summed E-state index contributed by atoms with van der Waals surface area (Å²) in [5, 5.41) is 2.81. The monoisotopic (exact) mass is 331 g/mol. The first-order chi connectivity index (χ1) is 8.88. The topological polar surface area (TPSA) is 37.8 Å². The lowest BCUT2D eigenvalue weighted by Gasteiger charge is -2.13. The Bertz CT molecular complexity index is 599. The zero-order valence-electron chi connectivity index (χ0n) is 9.79. The molecule has 7 heteroatoms. The van der Waals surface area contributed by atoms with Gasteiger partial charge in [-0.25, -0.2) is 9.97 Å². The van der Waals surface area contributed by atoms with Crippen molar-refractivity contribution < 1.29 is 13.2 Å². The van der Waals surface area contributed by atoms with Crippen LogP contribution in [0.4, 0.5) is 24.7 Å². The normalized spacial score (nSPS) is 11.4. The molecule has 0 aliphatic heterocycles. The molecule has 2 rings (SSSR count). The third-order valence-electron chi connectivity index (χ3n) is 2.47. The summed E-state index contributed by atoms with van der Waals surface area (Å²) in [7, 11) is 0. The quantitative estimate of drug-likeness (QED) is 0.891. The van der Waals surface area contributed by atoms with E-state index >= 15 is 0 Å². The molecule has 0 unspecified atom stereocenters. The van der Waals surface area contributed by atoms with Crippen LogP contribution in [0.1, 0.15) is 11.1 Å². The third kappa shape index (κ3) is 3.23. The molecule has 0 atom stereocenters. The molecule has 0 radical (unpaired) electrons. The first kappa shape index (κ1) is 13.8. The van der Waals surface area contributed by atoms with Crippen molar-refractivity contribution in [1.29, 1.82) is 0 Å². The standard InChI is InChI=1S/C12H9BrF3N3/c1-7-2-3-8(4-9(7)12(14,15)16)19-11-10(13)5-17-6-18-11/h2-6H,1H3,(H,17,18,19). The molecule has 1 aromatic carbocycles. The van der Waals surface area contributed by atoms with Gasteiger partial charge >= 0.3 is 6.18 Å². The van der Waals surface area contributed by atoms with Crippen molar-refractivity contribution in [3.63, 3.8) is 0 Å². The summed E-state index contributed by atoms with van der Waals surface area (Å²) in [4.78, 5) is 7.72. The first-order valence-corrected chi connectivity index (χ1v) is 6.07. The Hall–Kier alpha value is -1.63. The van der Waals surface area contributed by atoms with Crippen LogP contribution in [0.15, 0.2) is 35.2 Å². The Morgan fingerprint density at radius 2 is 2.00 bits per heavy atom. The lowest BCUT2D eigenvalue weighted by molar-refractivity contribution is -0.138. The molecule has 1 aromatic heterocycles. The lowest BCUT2D eigenvalue weighted by atomic mass is 10.1. The van der Waals surface area contributed by atoms with Gasteiger partial charge in [-0.3, -0.25) is 0 Å². The van der Waals surface area contributed by atoms with E-state index in [4.69, 9.17) is 0 Å². The van der Waals surface area contributed by atoms with Crippen LogP contribution in [0.3, 0.4) is 0 Å². The molecular formula is C12H9BrF3N3. The fraction of sp³-hybridized carbons (Fsp3) is 0.167. The van der Waals surface area contributed by atoms with Gasteiger partial charge in [0.15, 0.2) is 0 Å². The van der Waals surface area contributed by atoms with Crippen molar-refractivity contribution in [2.75, 3.05) is 5.32 Å². The van der Waals surface area contributed by atoms with Crippen LogP contribution >= 0.6 is 15.9 Å². The van der Waals surface area contributed by atoms with Crippen LogP contribution < -0.4 is 5.32 Å². The summed E-state index contributed by atoms with van der Waals surface area (Å²) in [6, 6.07) is 4.04. The van der Waals surface area contributed by atoms with Crippen molar-refractivity contribution in [3.8, 4) is 0 Å². The number of nitrogens with one attached hydrogen (secondary N) is 1. The number of alkyl halides is 3. The maximum Gasteiger partial charge on any atom is 0.416 e. The minimum atomic E-state index is -4.37. The zero-order valence-corrected chi connectivity index (χ0v) is 11.4. The van der Waals surface area contributed by atoms with Gasteiger partial charge in [-0.15, -0.1) is 0 Å². The van der Waals surface area contributed by atoms with Crippen LogP contribution in [0.25, 0.3) is 0 Å². The fourth-order valence-corrected chi connectivity index (χ4v) is 1.87. The van der Waals surface area contributed by atoms with Crippen LogP contribution in [-0.4, -0.2) is 9.97 Å². The van der Waals surface area contributed by atoms with Crippen LogP contribution in [0, 0.1) is 6.92 Å². The number of aryl methyl sites for hydroxylation is 1. The van der Waals surface area contributed by atoms with E-state index in [9.17, 15) is 13.2 Å². The molecule has 0 saturated heterocycles. The highest BCUT2D eigenvalue weighted by Crippen LogP contribution is 2.34. The van der Waals surface area contributed by atoms with Crippen LogP contribution in [0.2, 0.25) is 0 Å². The number of benzene rings is 1. The number of anilines is 2. The molecule has 1 N–H and O–H groups in total. The average molecular weight is 332 g/mol. The van der Waals surface area contributed by atoms with Gasteiger partial charge < -0.3 is 5.32 Å². The number of nitrogens with zero attached hydrogens (tertiary/aromatic N) is 2. The Labute approximate surface area is 116 Å². The molecule has 19 heavy (non-hydrogen) atoms. The number of rotatable bonds is 2. The van der Waals surface area contributed by atoms with Gasteiger partial charge in [0.05, 0.1) is 10.0 Å². The van der Waals surface area contributed by atoms with E-state index in [0.29, 0.717) is 16.0 Å². The van der Waals surface area contributed by atoms with E-state index in [2.05, 4.69) is 31.2 Å². The molecule has 0 spiro atoms. The van der Waals surface area contributed by atoms with Crippen molar-refractivity contribution in [1.82, 2.24) is 9.97 Å². The Morgan fingerprint density at radius 3 is 2.63 bits per heavy atom. The number of hydrogen-bond acceptors (Lipinski definition) is 3. The predicted molar refractivity (Wildman–Crippen MR) is 69.2 cm³/mol. The number of aromatic nitrogens is 2. The van der Waals surface area contributed by atoms with Crippen LogP contribution in [-0.2, 0) is 6.18 Å². The Balaban J connectivity index is 2.35. The van der Waals surface area contributed by atoms with E-state index < -0.39 is 11.7 Å². The SMILES string of the molecule is Cc1ccc(Nc2ncncc2Br)cc1C(F)(F)F. The van der Waals surface area contributed by atoms with Gasteiger partial charge in [0.2, 0.25) is 0 Å². The maximum absolute atomic E-state index is 12.8. The molecule has 0 amide bonds. The second kappa shape index (κ2) is 5.16. The van der Waals surface area contributed by atoms with Crippen molar-refractivity contribution in [2.45, 2.75) is 13.1 Å². The maximum atomic E-state index is 12.8. The Morgan fingerprint density at radius 1 is 1.26 bits per heavy atom. The number of hydrogen-bond donors (Lipinski definition) is 1. The molecule has 100 valence electrons. The lowest BCUT2D eigenvalue weighted by Crippen LogP contribution is -2.08. The smallest absolute Gasteiger partial charge is 0.339 e. The minimum Gasteiger partial charge on any atom is -0.339 e. The van der Waals surface area contributed by atoms with Crippen molar-refractivity contribution >= 4 is 27.4 Å². The third-order valence-corrected chi connectivity index (χ3v) is 3.05. The molecule has 0 saturated carbocycles. The molecule has 2 aromatic rings. The summed E-state index contributed by atoms with van der Waals surface area (Å²) < 4.78 is 38.9. The highest BCUT2D eigenvalue weighted by atomic mass is 79.9. The highest BCUT2D eigenvalue weighted by molar-refractivity contribution is 9.10. The van der Waals surface area contributed by atoms with E-state index in [1.54, 1.807) is 6.07 Å². The molecule has 0 fully saturated rings. The van der Waals surface area contributed by atoms with Gasteiger partial charge in [-0.1, -0.05) is 6.07 Å². The number of halogens is 4. The Kier molecular flexibility index (Phi) is 3.75. The van der Waals surface area contributed by atoms with Gasteiger partial charge in [0, 0.05) is 11.9 Å². The van der Waals surface area contributed by atoms with E-state index in [0.717, 1.165) is 6.07 Å². The summed E-state index contributed by atoms with van der Waals surface area (Å²) in [6.45, 7) is 1.42.